The van der Waals surface area contributed by atoms with E-state index in [-0.39, 0.29) is 0 Å². The quantitative estimate of drug-likeness (QED) is 0.776. The lowest BCUT2D eigenvalue weighted by Gasteiger charge is -2.19. The van der Waals surface area contributed by atoms with Gasteiger partial charge in [0.25, 0.3) is 0 Å². The van der Waals surface area contributed by atoms with Gasteiger partial charge in [0, 0.05) is 37.6 Å². The molecule has 4 heteroatoms. The van der Waals surface area contributed by atoms with Gasteiger partial charge in [-0.05, 0) is 31.2 Å². The number of hydrogen-bond acceptors (Lipinski definition) is 4. The van der Waals surface area contributed by atoms with Crippen LogP contribution in [0, 0.1) is 0 Å². The maximum Gasteiger partial charge on any atom is 0.0952 e. The highest BCUT2D eigenvalue weighted by Crippen LogP contribution is 2.16. The largest absolute Gasteiger partial charge is 0.472 e. The smallest absolute Gasteiger partial charge is 0.0952 e. The van der Waals surface area contributed by atoms with Gasteiger partial charge in [-0.3, -0.25) is 4.98 Å². The van der Waals surface area contributed by atoms with Crippen LogP contribution in [0.4, 0.5) is 5.69 Å². The first-order valence-electron chi connectivity index (χ1n) is 6.67. The van der Waals surface area contributed by atoms with Crippen molar-refractivity contribution in [3.05, 3.63) is 48.2 Å². The molecule has 0 saturated heterocycles. The zero-order valence-corrected chi connectivity index (χ0v) is 11.6. The summed E-state index contributed by atoms with van der Waals surface area (Å²) in [5, 5.41) is 3.37. The van der Waals surface area contributed by atoms with Crippen molar-refractivity contribution in [2.24, 2.45) is 0 Å². The highest BCUT2D eigenvalue weighted by molar-refractivity contribution is 5.46. The van der Waals surface area contributed by atoms with Crippen LogP contribution in [0.5, 0.6) is 0 Å². The van der Waals surface area contributed by atoms with Crippen molar-refractivity contribution in [3.63, 3.8) is 0 Å². The molecule has 0 spiro atoms. The molecule has 2 rings (SSSR count). The molecule has 0 aliphatic carbocycles. The molecule has 0 atom stereocenters. The second kappa shape index (κ2) is 6.95. The molecule has 4 nitrogen and oxygen atoms in total. The molecule has 0 aliphatic rings. The number of rotatable bonds is 7. The summed E-state index contributed by atoms with van der Waals surface area (Å²) in [5.41, 5.74) is 3.42. The molecular weight excluding hydrogens is 238 g/mol. The molecule has 2 aromatic heterocycles. The maximum atomic E-state index is 5.09. The van der Waals surface area contributed by atoms with E-state index in [0.29, 0.717) is 0 Å². The van der Waals surface area contributed by atoms with E-state index in [1.165, 1.54) is 11.3 Å². The molecule has 2 aromatic rings. The fourth-order valence-corrected chi connectivity index (χ4v) is 1.94. The van der Waals surface area contributed by atoms with E-state index in [1.54, 1.807) is 12.5 Å². The third-order valence-corrected chi connectivity index (χ3v) is 2.97. The van der Waals surface area contributed by atoms with Gasteiger partial charge < -0.3 is 14.6 Å². The summed E-state index contributed by atoms with van der Waals surface area (Å²) >= 11 is 0. The normalized spacial score (nSPS) is 10.6. The standard InChI is InChI=1S/C15H21N3O/c1-3-6-16-10-14-9-15(4-7-17-14)18(2)11-13-5-8-19-12-13/h4-5,7-9,12,16H,3,6,10-11H2,1-2H3. The van der Waals surface area contributed by atoms with Crippen molar-refractivity contribution in [1.82, 2.24) is 10.3 Å². The number of furan rings is 1. The van der Waals surface area contributed by atoms with E-state index in [9.17, 15) is 0 Å². The van der Waals surface area contributed by atoms with Crippen LogP contribution in [-0.2, 0) is 13.1 Å². The number of nitrogens with one attached hydrogen (secondary N) is 1. The Morgan fingerprint density at radius 3 is 3.00 bits per heavy atom. The average Bonchev–Trinajstić information content (AvgIpc) is 2.92. The molecular formula is C15H21N3O. The predicted molar refractivity (Wildman–Crippen MR) is 77.0 cm³/mol. The van der Waals surface area contributed by atoms with Crippen molar-refractivity contribution >= 4 is 5.69 Å². The van der Waals surface area contributed by atoms with Gasteiger partial charge in [0.15, 0.2) is 0 Å². The minimum absolute atomic E-state index is 0.821. The molecule has 102 valence electrons. The second-order valence-corrected chi connectivity index (χ2v) is 4.67. The Labute approximate surface area is 114 Å². The monoisotopic (exact) mass is 259 g/mol. The molecule has 0 fully saturated rings. The van der Waals surface area contributed by atoms with Gasteiger partial charge in [-0.25, -0.2) is 0 Å². The highest BCUT2D eigenvalue weighted by Gasteiger charge is 2.04. The first kappa shape index (κ1) is 13.6. The summed E-state index contributed by atoms with van der Waals surface area (Å²) in [6.07, 6.45) is 6.49. The Hall–Kier alpha value is -1.81. The van der Waals surface area contributed by atoms with E-state index in [1.807, 2.05) is 18.3 Å². The van der Waals surface area contributed by atoms with E-state index < -0.39 is 0 Å². The fourth-order valence-electron chi connectivity index (χ4n) is 1.94. The Kier molecular flexibility index (Phi) is 4.98. The summed E-state index contributed by atoms with van der Waals surface area (Å²) in [5.74, 6) is 0. The SMILES string of the molecule is CCCNCc1cc(N(C)Cc2ccoc2)ccn1. The van der Waals surface area contributed by atoms with Crippen LogP contribution in [0.2, 0.25) is 0 Å². The Morgan fingerprint density at radius 2 is 2.26 bits per heavy atom. The Balaban J connectivity index is 1.97. The zero-order chi connectivity index (χ0) is 13.5. The molecule has 0 unspecified atom stereocenters. The molecule has 0 bridgehead atoms. The van der Waals surface area contributed by atoms with Crippen LogP contribution in [0.3, 0.4) is 0 Å². The fraction of sp³-hybridized carbons (Fsp3) is 0.400. The molecule has 19 heavy (non-hydrogen) atoms. The number of aromatic nitrogens is 1. The van der Waals surface area contributed by atoms with Crippen molar-refractivity contribution in [2.75, 3.05) is 18.5 Å². The molecule has 0 radical (unpaired) electrons. The van der Waals surface area contributed by atoms with Crippen LogP contribution < -0.4 is 10.2 Å². The first-order chi connectivity index (χ1) is 9.29. The van der Waals surface area contributed by atoms with Gasteiger partial charge in [0.1, 0.15) is 0 Å². The number of nitrogens with zero attached hydrogens (tertiary/aromatic N) is 2. The topological polar surface area (TPSA) is 41.3 Å². The lowest BCUT2D eigenvalue weighted by molar-refractivity contribution is 0.563. The van der Waals surface area contributed by atoms with Crippen molar-refractivity contribution in [1.29, 1.82) is 0 Å². The van der Waals surface area contributed by atoms with Gasteiger partial charge >= 0.3 is 0 Å². The minimum atomic E-state index is 0.821. The number of pyridine rings is 1. The molecule has 2 heterocycles. The summed E-state index contributed by atoms with van der Waals surface area (Å²) in [6, 6.07) is 6.15. The van der Waals surface area contributed by atoms with Gasteiger partial charge in [0.05, 0.1) is 18.2 Å². The van der Waals surface area contributed by atoms with Gasteiger partial charge in [-0.2, -0.15) is 0 Å². The van der Waals surface area contributed by atoms with Gasteiger partial charge in [-0.1, -0.05) is 6.92 Å². The predicted octanol–water partition coefficient (Wildman–Crippen LogP) is 2.81. The van der Waals surface area contributed by atoms with Crippen LogP contribution in [0.25, 0.3) is 0 Å². The van der Waals surface area contributed by atoms with Gasteiger partial charge in [0.2, 0.25) is 0 Å². The first-order valence-corrected chi connectivity index (χ1v) is 6.67. The number of anilines is 1. The lowest BCUT2D eigenvalue weighted by Crippen LogP contribution is -2.18. The van der Waals surface area contributed by atoms with Crippen LogP contribution >= 0.6 is 0 Å². The Morgan fingerprint density at radius 1 is 1.37 bits per heavy atom. The van der Waals surface area contributed by atoms with Crippen molar-refractivity contribution in [3.8, 4) is 0 Å². The third-order valence-electron chi connectivity index (χ3n) is 2.97. The third kappa shape index (κ3) is 4.10. The van der Waals surface area contributed by atoms with Crippen LogP contribution in [0.15, 0.2) is 41.3 Å². The van der Waals surface area contributed by atoms with E-state index in [0.717, 1.165) is 31.7 Å². The molecule has 0 amide bonds. The zero-order valence-electron chi connectivity index (χ0n) is 11.6. The van der Waals surface area contributed by atoms with E-state index in [4.69, 9.17) is 4.42 Å². The van der Waals surface area contributed by atoms with Crippen LogP contribution in [-0.4, -0.2) is 18.6 Å². The summed E-state index contributed by atoms with van der Waals surface area (Å²) < 4.78 is 5.09. The van der Waals surface area contributed by atoms with Crippen molar-refractivity contribution in [2.45, 2.75) is 26.4 Å². The van der Waals surface area contributed by atoms with Crippen LogP contribution in [0.1, 0.15) is 24.6 Å². The molecule has 0 saturated carbocycles. The summed E-state index contributed by atoms with van der Waals surface area (Å²) in [6.45, 7) is 4.84. The maximum absolute atomic E-state index is 5.09. The van der Waals surface area contributed by atoms with E-state index >= 15 is 0 Å². The summed E-state index contributed by atoms with van der Waals surface area (Å²) in [4.78, 5) is 6.57. The minimum Gasteiger partial charge on any atom is -0.472 e. The highest BCUT2D eigenvalue weighted by atomic mass is 16.3. The van der Waals surface area contributed by atoms with Crippen molar-refractivity contribution < 1.29 is 4.42 Å². The lowest BCUT2D eigenvalue weighted by atomic mass is 10.2. The molecule has 0 aromatic carbocycles. The molecule has 0 aliphatic heterocycles. The average molecular weight is 259 g/mol. The molecule has 1 N–H and O–H groups in total. The number of hydrogen-bond donors (Lipinski definition) is 1. The van der Waals surface area contributed by atoms with Gasteiger partial charge in [-0.15, -0.1) is 0 Å². The second-order valence-electron chi connectivity index (χ2n) is 4.67. The van der Waals surface area contributed by atoms with E-state index in [2.05, 4.69) is 35.2 Å². The Bertz CT molecular complexity index is 482. The summed E-state index contributed by atoms with van der Waals surface area (Å²) in [7, 11) is 2.07.